The summed E-state index contributed by atoms with van der Waals surface area (Å²) in [5.41, 5.74) is 1.58. The number of aromatic nitrogens is 2. The molecule has 0 unspecified atom stereocenters. The summed E-state index contributed by atoms with van der Waals surface area (Å²) in [4.78, 5) is 13.8. The van der Waals surface area contributed by atoms with Crippen molar-refractivity contribution >= 4 is 11.0 Å². The predicted molar refractivity (Wildman–Crippen MR) is 48.2 cm³/mol. The van der Waals surface area contributed by atoms with Gasteiger partial charge in [0, 0.05) is 12.6 Å². The average molecular weight is 180 g/mol. The number of hydrogen-bond acceptors (Lipinski definition) is 1. The number of rotatable bonds is 0. The van der Waals surface area contributed by atoms with Crippen molar-refractivity contribution < 1.29 is 4.39 Å². The zero-order chi connectivity index (χ0) is 9.59. The van der Waals surface area contributed by atoms with Gasteiger partial charge in [0.15, 0.2) is 0 Å². The third-order valence-corrected chi connectivity index (χ3v) is 2.25. The zero-order valence-electron chi connectivity index (χ0n) is 7.39. The van der Waals surface area contributed by atoms with Crippen LogP contribution in [0.1, 0.15) is 5.56 Å². The van der Waals surface area contributed by atoms with E-state index in [9.17, 15) is 9.18 Å². The molecule has 1 N–H and O–H groups in total. The van der Waals surface area contributed by atoms with Gasteiger partial charge in [-0.2, -0.15) is 0 Å². The largest absolute Gasteiger partial charge is 0.326 e. The highest BCUT2D eigenvalue weighted by molar-refractivity contribution is 5.78. The van der Waals surface area contributed by atoms with Crippen molar-refractivity contribution in [2.75, 3.05) is 0 Å². The van der Waals surface area contributed by atoms with Crippen LogP contribution in [0.15, 0.2) is 16.9 Å². The minimum Gasteiger partial charge on any atom is -0.306 e. The molecule has 1 heterocycles. The van der Waals surface area contributed by atoms with Crippen LogP contribution in [-0.4, -0.2) is 9.55 Å². The highest BCUT2D eigenvalue weighted by atomic mass is 19.1. The number of aryl methyl sites for hydroxylation is 2. The Morgan fingerprint density at radius 1 is 1.46 bits per heavy atom. The number of hydrogen-bond donors (Lipinski definition) is 1. The molecule has 2 rings (SSSR count). The number of benzene rings is 1. The second kappa shape index (κ2) is 2.45. The molecule has 68 valence electrons. The molecule has 4 heteroatoms. The smallest absolute Gasteiger partial charge is 0.306 e. The second-order valence-electron chi connectivity index (χ2n) is 3.06. The number of imidazole rings is 1. The quantitative estimate of drug-likeness (QED) is 0.652. The Kier molecular flexibility index (Phi) is 1.52. The van der Waals surface area contributed by atoms with Gasteiger partial charge in [-0.15, -0.1) is 0 Å². The molecule has 0 aliphatic rings. The maximum Gasteiger partial charge on any atom is 0.326 e. The van der Waals surface area contributed by atoms with Gasteiger partial charge in [-0.3, -0.25) is 4.57 Å². The minimum absolute atomic E-state index is 0.219. The molecule has 1 aromatic carbocycles. The lowest BCUT2D eigenvalue weighted by atomic mass is 10.2. The SMILES string of the molecule is Cc1c(F)ccc2[nH]c(=O)n(C)c12. The van der Waals surface area contributed by atoms with Gasteiger partial charge < -0.3 is 4.98 Å². The first-order valence-corrected chi connectivity index (χ1v) is 3.95. The maximum atomic E-state index is 13.1. The molecule has 13 heavy (non-hydrogen) atoms. The highest BCUT2D eigenvalue weighted by Crippen LogP contribution is 2.17. The number of fused-ring (bicyclic) bond motifs is 1. The van der Waals surface area contributed by atoms with Crippen molar-refractivity contribution in [3.05, 3.63) is 34.0 Å². The Hall–Kier alpha value is -1.58. The van der Waals surface area contributed by atoms with Crippen LogP contribution in [0, 0.1) is 12.7 Å². The molecule has 0 saturated carbocycles. The Morgan fingerprint density at radius 2 is 2.15 bits per heavy atom. The first kappa shape index (κ1) is 8.04. The molecule has 1 aromatic heterocycles. The van der Waals surface area contributed by atoms with Crippen LogP contribution in [0.5, 0.6) is 0 Å². The summed E-state index contributed by atoms with van der Waals surface area (Å²) < 4.78 is 14.5. The van der Waals surface area contributed by atoms with E-state index in [1.165, 1.54) is 10.6 Å². The van der Waals surface area contributed by atoms with Gasteiger partial charge in [0.25, 0.3) is 0 Å². The van der Waals surface area contributed by atoms with Crippen LogP contribution in [0.25, 0.3) is 11.0 Å². The van der Waals surface area contributed by atoms with E-state index >= 15 is 0 Å². The Bertz CT molecular complexity index is 524. The molecule has 0 fully saturated rings. The molecule has 0 spiro atoms. The summed E-state index contributed by atoms with van der Waals surface area (Å²) in [6.45, 7) is 1.66. The Morgan fingerprint density at radius 3 is 2.85 bits per heavy atom. The fraction of sp³-hybridized carbons (Fsp3) is 0.222. The van der Waals surface area contributed by atoms with Gasteiger partial charge in [0.2, 0.25) is 0 Å². The van der Waals surface area contributed by atoms with Gasteiger partial charge in [-0.25, -0.2) is 9.18 Å². The van der Waals surface area contributed by atoms with E-state index in [0.29, 0.717) is 16.6 Å². The van der Waals surface area contributed by atoms with E-state index in [0.717, 1.165) is 0 Å². The monoisotopic (exact) mass is 180 g/mol. The van der Waals surface area contributed by atoms with Gasteiger partial charge in [0.05, 0.1) is 11.0 Å². The normalized spacial score (nSPS) is 11.0. The van der Waals surface area contributed by atoms with Gasteiger partial charge in [0.1, 0.15) is 5.82 Å². The van der Waals surface area contributed by atoms with E-state index in [4.69, 9.17) is 0 Å². The Balaban J connectivity index is 3.05. The number of halogens is 1. The number of nitrogens with one attached hydrogen (secondary N) is 1. The summed E-state index contributed by atoms with van der Waals surface area (Å²) in [6.07, 6.45) is 0. The summed E-state index contributed by atoms with van der Waals surface area (Å²) in [5.74, 6) is -0.290. The van der Waals surface area contributed by atoms with Gasteiger partial charge >= 0.3 is 5.69 Å². The zero-order valence-corrected chi connectivity index (χ0v) is 7.39. The maximum absolute atomic E-state index is 13.1. The third-order valence-electron chi connectivity index (χ3n) is 2.25. The standard InChI is InChI=1S/C9H9FN2O/c1-5-6(10)3-4-7-8(5)12(2)9(13)11-7/h3-4H,1-2H3,(H,11,13). The summed E-state index contributed by atoms with van der Waals surface area (Å²) >= 11 is 0. The lowest BCUT2D eigenvalue weighted by Gasteiger charge is -1.99. The summed E-state index contributed by atoms with van der Waals surface area (Å²) in [5, 5.41) is 0. The lowest BCUT2D eigenvalue weighted by Crippen LogP contribution is -2.12. The van der Waals surface area contributed by atoms with Crippen molar-refractivity contribution in [2.45, 2.75) is 6.92 Å². The molecule has 3 nitrogen and oxygen atoms in total. The minimum atomic E-state index is -0.290. The summed E-state index contributed by atoms with van der Waals surface area (Å²) in [6, 6.07) is 2.92. The molecular weight excluding hydrogens is 171 g/mol. The molecule has 0 radical (unpaired) electrons. The van der Waals surface area contributed by atoms with E-state index in [-0.39, 0.29) is 11.5 Å². The molecule has 2 aromatic rings. The van der Waals surface area contributed by atoms with Crippen LogP contribution in [0.2, 0.25) is 0 Å². The van der Waals surface area contributed by atoms with E-state index in [1.54, 1.807) is 20.0 Å². The lowest BCUT2D eigenvalue weighted by molar-refractivity contribution is 0.619. The molecule has 0 aliphatic carbocycles. The average Bonchev–Trinajstić information content (AvgIpc) is 2.37. The first-order chi connectivity index (χ1) is 6.11. The van der Waals surface area contributed by atoms with Crippen molar-refractivity contribution in [1.82, 2.24) is 9.55 Å². The highest BCUT2D eigenvalue weighted by Gasteiger charge is 2.08. The summed E-state index contributed by atoms with van der Waals surface area (Å²) in [7, 11) is 1.62. The van der Waals surface area contributed by atoms with Gasteiger partial charge in [-0.05, 0) is 19.1 Å². The van der Waals surface area contributed by atoms with E-state index < -0.39 is 0 Å². The van der Waals surface area contributed by atoms with Crippen LogP contribution < -0.4 is 5.69 Å². The topological polar surface area (TPSA) is 37.8 Å². The van der Waals surface area contributed by atoms with Crippen LogP contribution in [0.4, 0.5) is 4.39 Å². The van der Waals surface area contributed by atoms with Gasteiger partial charge in [-0.1, -0.05) is 0 Å². The first-order valence-electron chi connectivity index (χ1n) is 3.95. The third kappa shape index (κ3) is 0.983. The molecule has 0 aliphatic heterocycles. The van der Waals surface area contributed by atoms with E-state index in [2.05, 4.69) is 4.98 Å². The molecular formula is C9H9FN2O. The van der Waals surface area contributed by atoms with Crippen molar-refractivity contribution in [3.8, 4) is 0 Å². The number of nitrogens with zero attached hydrogens (tertiary/aromatic N) is 1. The van der Waals surface area contributed by atoms with Crippen LogP contribution >= 0.6 is 0 Å². The Labute approximate surface area is 73.8 Å². The number of H-pyrrole nitrogens is 1. The predicted octanol–water partition coefficient (Wildman–Crippen LogP) is 1.31. The van der Waals surface area contributed by atoms with Crippen LogP contribution in [0.3, 0.4) is 0 Å². The molecule has 0 amide bonds. The fourth-order valence-electron chi connectivity index (χ4n) is 1.51. The van der Waals surface area contributed by atoms with E-state index in [1.807, 2.05) is 0 Å². The number of aromatic amines is 1. The van der Waals surface area contributed by atoms with Crippen molar-refractivity contribution in [1.29, 1.82) is 0 Å². The molecule has 0 atom stereocenters. The van der Waals surface area contributed by atoms with Crippen molar-refractivity contribution in [3.63, 3.8) is 0 Å². The molecule has 0 bridgehead atoms. The second-order valence-corrected chi connectivity index (χ2v) is 3.06. The van der Waals surface area contributed by atoms with Crippen LogP contribution in [-0.2, 0) is 7.05 Å². The molecule has 0 saturated heterocycles. The van der Waals surface area contributed by atoms with Crippen molar-refractivity contribution in [2.24, 2.45) is 7.05 Å². The fourth-order valence-corrected chi connectivity index (χ4v) is 1.51.